The van der Waals surface area contributed by atoms with E-state index in [1.54, 1.807) is 36.2 Å². The number of carbonyl (C=O) groups excluding carboxylic acids is 2. The van der Waals surface area contributed by atoms with E-state index in [0.29, 0.717) is 74.3 Å². The number of likely N-dealkylation sites (tertiary alicyclic amines) is 1. The molecular formula is C36H42N10O4. The van der Waals surface area contributed by atoms with Gasteiger partial charge < -0.3 is 25.8 Å². The van der Waals surface area contributed by atoms with Gasteiger partial charge in [-0.05, 0) is 61.2 Å². The van der Waals surface area contributed by atoms with E-state index in [9.17, 15) is 9.59 Å². The molecule has 0 aliphatic carbocycles. The highest BCUT2D eigenvalue weighted by Crippen LogP contribution is 2.42. The zero-order valence-electron chi connectivity index (χ0n) is 28.6. The molecule has 3 aliphatic heterocycles. The van der Waals surface area contributed by atoms with Crippen molar-refractivity contribution in [2.45, 2.75) is 19.3 Å². The molecule has 6 rings (SSSR count). The highest BCUT2D eigenvalue weighted by atomic mass is 16.5. The van der Waals surface area contributed by atoms with E-state index in [2.05, 4.69) is 30.9 Å². The van der Waals surface area contributed by atoms with Crippen LogP contribution in [0.4, 0.5) is 11.5 Å². The van der Waals surface area contributed by atoms with Crippen LogP contribution in [0.25, 0.3) is 5.57 Å². The fourth-order valence-corrected chi connectivity index (χ4v) is 6.81. The van der Waals surface area contributed by atoms with Gasteiger partial charge in [-0.2, -0.15) is 0 Å². The fourth-order valence-electron chi connectivity index (χ4n) is 6.81. The summed E-state index contributed by atoms with van der Waals surface area (Å²) in [5.74, 6) is 1.56. The molecule has 5 heterocycles. The van der Waals surface area contributed by atoms with Gasteiger partial charge in [0.2, 0.25) is 11.8 Å². The first kappa shape index (κ1) is 34.2. The largest absolute Gasteiger partial charge is 0.491 e. The number of hydrogen-bond acceptors (Lipinski definition) is 10. The summed E-state index contributed by atoms with van der Waals surface area (Å²) < 4.78 is 10.6. The van der Waals surface area contributed by atoms with E-state index in [0.717, 1.165) is 17.5 Å². The number of ether oxygens (including phenoxy) is 2. The summed E-state index contributed by atoms with van der Waals surface area (Å²) >= 11 is 0. The smallest absolute Gasteiger partial charge is 0.257 e. The average Bonchev–Trinajstić information content (AvgIpc) is 3.71. The van der Waals surface area contributed by atoms with Crippen molar-refractivity contribution in [3.8, 4) is 11.6 Å². The summed E-state index contributed by atoms with van der Waals surface area (Å²) in [6, 6.07) is 14.6. The zero-order chi connectivity index (χ0) is 35.4. The van der Waals surface area contributed by atoms with Crippen molar-refractivity contribution in [3.05, 3.63) is 77.1 Å². The Labute approximate surface area is 291 Å². The lowest BCUT2D eigenvalue weighted by Crippen LogP contribution is -2.43. The van der Waals surface area contributed by atoms with Gasteiger partial charge in [0.1, 0.15) is 29.4 Å². The molecule has 2 amide bonds. The number of aliphatic imine (C=N–C) groups is 2. The van der Waals surface area contributed by atoms with Crippen molar-refractivity contribution >= 4 is 46.8 Å². The Morgan fingerprint density at radius 2 is 1.82 bits per heavy atom. The van der Waals surface area contributed by atoms with Gasteiger partial charge in [0.05, 0.1) is 37.6 Å². The van der Waals surface area contributed by atoms with Gasteiger partial charge in [0.15, 0.2) is 5.75 Å². The Balaban J connectivity index is 1.06. The number of amidine groups is 1. The van der Waals surface area contributed by atoms with Gasteiger partial charge in [-0.3, -0.25) is 29.8 Å². The molecule has 3 aliphatic rings. The molecule has 50 heavy (non-hydrogen) atoms. The van der Waals surface area contributed by atoms with Gasteiger partial charge in [-0.25, -0.2) is 15.0 Å². The van der Waals surface area contributed by atoms with E-state index in [1.807, 2.05) is 29.2 Å². The maximum atomic E-state index is 13.9. The number of anilines is 2. The Morgan fingerprint density at radius 1 is 1.04 bits per heavy atom. The zero-order valence-corrected chi connectivity index (χ0v) is 28.6. The van der Waals surface area contributed by atoms with E-state index >= 15 is 0 Å². The number of nitrogens with one attached hydrogen (secondary N) is 1. The van der Waals surface area contributed by atoms with Crippen molar-refractivity contribution in [1.29, 1.82) is 5.41 Å². The number of nitrogens with two attached hydrogens (primary N) is 2. The second-order valence-corrected chi connectivity index (χ2v) is 12.6. The Bertz CT molecular complexity index is 1890. The molecule has 0 saturated carbocycles. The van der Waals surface area contributed by atoms with Crippen molar-refractivity contribution in [3.63, 3.8) is 0 Å². The topological polar surface area (TPSA) is 189 Å². The van der Waals surface area contributed by atoms with Crippen LogP contribution in [0.3, 0.4) is 0 Å². The third-order valence-electron chi connectivity index (χ3n) is 9.65. The van der Waals surface area contributed by atoms with Crippen LogP contribution >= 0.6 is 0 Å². The number of hydrogen-bond donors (Lipinski definition) is 3. The standard InChI is InChI=1S/C36H42N10O4/c1-40-22-41-33(39)25-6-4-23(5-7-25)24-12-16-45(17-13-24)30(47)20-44-18-14-36(21-44)15-19-46(35(36)48)29-11-8-26(37)32(43-29)31(38)27-9-10-28(49-2)34(42-27)50-3/h4-12,22,38H,13-21,37H2,1-3H3,(H2,39,40,41)/t36-/m0/s1. The number of aromatic nitrogens is 2. The second-order valence-electron chi connectivity index (χ2n) is 12.6. The molecular weight excluding hydrogens is 636 g/mol. The number of rotatable bonds is 10. The SMILES string of the molecule is CN=CN=C(N)c1ccc(C2=CCN(C(=O)CN3CC[C@]4(CCN(c5ccc(N)c(C(=N)c6ccc(OC)c(OC)n6)n5)C4=O)C3)CC2)cc1. The van der Waals surface area contributed by atoms with Crippen LogP contribution in [0.1, 0.15) is 41.8 Å². The number of nitrogens with zero attached hydrogens (tertiary/aromatic N) is 7. The maximum absolute atomic E-state index is 13.9. The lowest BCUT2D eigenvalue weighted by atomic mass is 9.85. The summed E-state index contributed by atoms with van der Waals surface area (Å²) in [6.07, 6.45) is 5.61. The predicted molar refractivity (Wildman–Crippen MR) is 193 cm³/mol. The number of benzene rings is 1. The van der Waals surface area contributed by atoms with Gasteiger partial charge >= 0.3 is 0 Å². The highest BCUT2D eigenvalue weighted by Gasteiger charge is 2.51. The summed E-state index contributed by atoms with van der Waals surface area (Å²) in [5, 5.41) is 8.80. The Morgan fingerprint density at radius 3 is 2.52 bits per heavy atom. The molecule has 2 saturated heterocycles. The number of carbonyl (C=O) groups is 2. The summed E-state index contributed by atoms with van der Waals surface area (Å²) in [6.45, 7) is 3.11. The molecule has 0 unspecified atom stereocenters. The lowest BCUT2D eigenvalue weighted by molar-refractivity contribution is -0.132. The number of methoxy groups -OCH3 is 2. The molecule has 5 N–H and O–H groups in total. The van der Waals surface area contributed by atoms with Crippen LogP contribution in [-0.2, 0) is 9.59 Å². The third kappa shape index (κ3) is 6.79. The molecule has 0 bridgehead atoms. The van der Waals surface area contributed by atoms with Crippen LogP contribution in [0.2, 0.25) is 0 Å². The van der Waals surface area contributed by atoms with Crippen LogP contribution in [0.5, 0.6) is 11.6 Å². The number of pyridine rings is 2. The third-order valence-corrected chi connectivity index (χ3v) is 9.65. The van der Waals surface area contributed by atoms with Crippen LogP contribution in [0, 0.1) is 10.8 Å². The van der Waals surface area contributed by atoms with Crippen molar-refractivity contribution in [2.75, 3.05) is 71.2 Å². The van der Waals surface area contributed by atoms with E-state index in [4.69, 9.17) is 26.4 Å². The number of amides is 2. The first-order chi connectivity index (χ1) is 24.2. The van der Waals surface area contributed by atoms with Gasteiger partial charge in [-0.15, -0.1) is 0 Å². The maximum Gasteiger partial charge on any atom is 0.257 e. The molecule has 0 radical (unpaired) electrons. The van der Waals surface area contributed by atoms with Crippen molar-refractivity contribution in [1.82, 2.24) is 19.8 Å². The fraction of sp³-hybridized carbons (Fsp3) is 0.361. The van der Waals surface area contributed by atoms with Crippen molar-refractivity contribution in [2.24, 2.45) is 21.1 Å². The second kappa shape index (κ2) is 14.5. The first-order valence-corrected chi connectivity index (χ1v) is 16.5. The molecule has 2 fully saturated rings. The van der Waals surface area contributed by atoms with Crippen LogP contribution < -0.4 is 25.8 Å². The highest BCUT2D eigenvalue weighted by molar-refractivity contribution is 6.12. The normalized spacial score (nSPS) is 19.8. The first-order valence-electron chi connectivity index (χ1n) is 16.5. The van der Waals surface area contributed by atoms with Crippen LogP contribution in [0.15, 0.2) is 64.6 Å². The summed E-state index contributed by atoms with van der Waals surface area (Å²) in [5.41, 5.74) is 15.6. The average molecular weight is 679 g/mol. The van der Waals surface area contributed by atoms with E-state index in [1.165, 1.54) is 26.1 Å². The minimum atomic E-state index is -0.583. The quantitative estimate of drug-likeness (QED) is 0.214. The van der Waals surface area contributed by atoms with E-state index < -0.39 is 5.41 Å². The summed E-state index contributed by atoms with van der Waals surface area (Å²) in [4.78, 5) is 49.9. The van der Waals surface area contributed by atoms with Crippen molar-refractivity contribution < 1.29 is 19.1 Å². The number of nitrogen functional groups attached to an aromatic ring is 1. The monoisotopic (exact) mass is 678 g/mol. The molecule has 1 aromatic carbocycles. The molecule has 1 spiro atoms. The molecule has 3 aromatic rings. The molecule has 2 aromatic heterocycles. The molecule has 14 nitrogen and oxygen atoms in total. The van der Waals surface area contributed by atoms with Gasteiger partial charge in [0.25, 0.3) is 5.88 Å². The van der Waals surface area contributed by atoms with Crippen LogP contribution in [-0.4, -0.2) is 110 Å². The Kier molecular flexibility index (Phi) is 9.90. The summed E-state index contributed by atoms with van der Waals surface area (Å²) in [7, 11) is 4.63. The Hall–Kier alpha value is -5.63. The van der Waals surface area contributed by atoms with E-state index in [-0.39, 0.29) is 35.6 Å². The minimum Gasteiger partial charge on any atom is -0.491 e. The lowest BCUT2D eigenvalue weighted by Gasteiger charge is -2.29. The van der Waals surface area contributed by atoms with Gasteiger partial charge in [0, 0.05) is 38.8 Å². The van der Waals surface area contributed by atoms with Gasteiger partial charge in [-0.1, -0.05) is 30.3 Å². The minimum absolute atomic E-state index is 0.00332. The molecule has 1 atom stereocenters. The molecule has 260 valence electrons. The predicted octanol–water partition coefficient (Wildman–Crippen LogP) is 2.60. The molecule has 14 heteroatoms.